The molecule has 2 heterocycles. The SMILES string of the molecule is CC1(C)CCN(c2ccc(C#N)cn2)C1. The van der Waals surface area contributed by atoms with Crippen molar-refractivity contribution in [2.45, 2.75) is 20.3 Å². The maximum atomic E-state index is 8.67. The number of pyridine rings is 1. The van der Waals surface area contributed by atoms with Gasteiger partial charge < -0.3 is 4.90 Å². The number of anilines is 1. The Morgan fingerprint density at radius 2 is 2.27 bits per heavy atom. The summed E-state index contributed by atoms with van der Waals surface area (Å²) in [5.74, 6) is 0.986. The minimum atomic E-state index is 0.385. The highest BCUT2D eigenvalue weighted by atomic mass is 15.2. The minimum Gasteiger partial charge on any atom is -0.356 e. The third-order valence-electron chi connectivity index (χ3n) is 2.88. The average Bonchev–Trinajstić information content (AvgIpc) is 2.59. The van der Waals surface area contributed by atoms with Crippen LogP contribution < -0.4 is 4.90 Å². The molecule has 0 aromatic carbocycles. The zero-order chi connectivity index (χ0) is 10.9. The molecule has 0 aliphatic carbocycles. The first-order valence-corrected chi connectivity index (χ1v) is 5.22. The second-order valence-corrected chi connectivity index (χ2v) is 4.85. The van der Waals surface area contributed by atoms with Gasteiger partial charge in [0.15, 0.2) is 0 Å². The van der Waals surface area contributed by atoms with E-state index in [-0.39, 0.29) is 0 Å². The molecule has 0 N–H and O–H groups in total. The highest BCUT2D eigenvalue weighted by Crippen LogP contribution is 2.31. The third kappa shape index (κ3) is 2.10. The van der Waals surface area contributed by atoms with Gasteiger partial charge in [-0.15, -0.1) is 0 Å². The summed E-state index contributed by atoms with van der Waals surface area (Å²) in [6, 6.07) is 5.84. The standard InChI is InChI=1S/C12H15N3/c1-12(2)5-6-15(9-12)11-4-3-10(7-13)8-14-11/h3-4,8H,5-6,9H2,1-2H3. The molecule has 0 radical (unpaired) electrons. The summed E-state index contributed by atoms with van der Waals surface area (Å²) in [5, 5.41) is 8.67. The van der Waals surface area contributed by atoms with Crippen LogP contribution in [0.2, 0.25) is 0 Å². The fourth-order valence-electron chi connectivity index (χ4n) is 1.95. The van der Waals surface area contributed by atoms with E-state index in [0.29, 0.717) is 11.0 Å². The lowest BCUT2D eigenvalue weighted by Crippen LogP contribution is -2.23. The summed E-state index contributed by atoms with van der Waals surface area (Å²) in [7, 11) is 0. The number of hydrogen-bond acceptors (Lipinski definition) is 3. The van der Waals surface area contributed by atoms with Gasteiger partial charge in [0.1, 0.15) is 11.9 Å². The van der Waals surface area contributed by atoms with Crippen LogP contribution in [0, 0.1) is 16.7 Å². The lowest BCUT2D eigenvalue weighted by Gasteiger charge is -2.20. The quantitative estimate of drug-likeness (QED) is 0.699. The first-order chi connectivity index (χ1) is 7.11. The highest BCUT2D eigenvalue weighted by Gasteiger charge is 2.29. The Kier molecular flexibility index (Phi) is 2.36. The Morgan fingerprint density at radius 1 is 1.47 bits per heavy atom. The highest BCUT2D eigenvalue weighted by molar-refractivity contribution is 5.43. The van der Waals surface area contributed by atoms with Crippen LogP contribution in [-0.2, 0) is 0 Å². The van der Waals surface area contributed by atoms with E-state index in [2.05, 4.69) is 29.8 Å². The van der Waals surface area contributed by atoms with Gasteiger partial charge in [0, 0.05) is 19.3 Å². The molecule has 0 amide bonds. The van der Waals surface area contributed by atoms with Crippen molar-refractivity contribution in [3.63, 3.8) is 0 Å². The van der Waals surface area contributed by atoms with Crippen LogP contribution in [-0.4, -0.2) is 18.1 Å². The van der Waals surface area contributed by atoms with Crippen LogP contribution in [0.1, 0.15) is 25.8 Å². The molecular weight excluding hydrogens is 186 g/mol. The van der Waals surface area contributed by atoms with Crippen molar-refractivity contribution < 1.29 is 0 Å². The molecule has 1 fully saturated rings. The molecule has 1 aliphatic heterocycles. The van der Waals surface area contributed by atoms with Crippen LogP contribution in [0.4, 0.5) is 5.82 Å². The lowest BCUT2D eigenvalue weighted by molar-refractivity contribution is 0.418. The number of nitrogens with zero attached hydrogens (tertiary/aromatic N) is 3. The smallest absolute Gasteiger partial charge is 0.128 e. The molecule has 3 heteroatoms. The monoisotopic (exact) mass is 201 g/mol. The van der Waals surface area contributed by atoms with Crippen LogP contribution in [0.25, 0.3) is 0 Å². The van der Waals surface area contributed by atoms with Crippen LogP contribution >= 0.6 is 0 Å². The van der Waals surface area contributed by atoms with Gasteiger partial charge in [0.05, 0.1) is 5.56 Å². The number of nitriles is 1. The molecule has 1 saturated heterocycles. The molecule has 78 valence electrons. The Balaban J connectivity index is 2.15. The van der Waals surface area contributed by atoms with Crippen molar-refractivity contribution in [3.8, 4) is 6.07 Å². The molecule has 0 spiro atoms. The normalized spacial score (nSPS) is 18.9. The largest absolute Gasteiger partial charge is 0.356 e. The van der Waals surface area contributed by atoms with Gasteiger partial charge in [-0.2, -0.15) is 5.26 Å². The van der Waals surface area contributed by atoms with Crippen molar-refractivity contribution in [3.05, 3.63) is 23.9 Å². The first kappa shape index (κ1) is 9.97. The zero-order valence-corrected chi connectivity index (χ0v) is 9.20. The van der Waals surface area contributed by atoms with Crippen molar-refractivity contribution in [1.82, 2.24) is 4.98 Å². The third-order valence-corrected chi connectivity index (χ3v) is 2.88. The summed E-state index contributed by atoms with van der Waals surface area (Å²) in [6.45, 7) is 6.66. The summed E-state index contributed by atoms with van der Waals surface area (Å²) in [5.41, 5.74) is 1.01. The van der Waals surface area contributed by atoms with E-state index in [1.54, 1.807) is 6.20 Å². The molecule has 0 saturated carbocycles. The van der Waals surface area contributed by atoms with Crippen molar-refractivity contribution in [1.29, 1.82) is 5.26 Å². The Hall–Kier alpha value is -1.56. The van der Waals surface area contributed by atoms with Crippen molar-refractivity contribution in [2.24, 2.45) is 5.41 Å². The molecule has 0 unspecified atom stereocenters. The molecule has 0 bridgehead atoms. The molecule has 0 atom stereocenters. The van der Waals surface area contributed by atoms with Crippen molar-refractivity contribution >= 4 is 5.82 Å². The molecule has 3 nitrogen and oxygen atoms in total. The van der Waals surface area contributed by atoms with E-state index in [9.17, 15) is 0 Å². The molecule has 1 aromatic heterocycles. The summed E-state index contributed by atoms with van der Waals surface area (Å²) in [6.07, 6.45) is 2.84. The lowest BCUT2D eigenvalue weighted by atomic mass is 9.93. The summed E-state index contributed by atoms with van der Waals surface area (Å²) >= 11 is 0. The predicted molar refractivity (Wildman–Crippen MR) is 59.6 cm³/mol. The predicted octanol–water partition coefficient (Wildman–Crippen LogP) is 2.19. The van der Waals surface area contributed by atoms with Gasteiger partial charge >= 0.3 is 0 Å². The Labute approximate surface area is 90.4 Å². The first-order valence-electron chi connectivity index (χ1n) is 5.22. The molecule has 1 aromatic rings. The number of aromatic nitrogens is 1. The number of rotatable bonds is 1. The fraction of sp³-hybridized carbons (Fsp3) is 0.500. The van der Waals surface area contributed by atoms with Gasteiger partial charge in [-0.25, -0.2) is 4.98 Å². The molecule has 1 aliphatic rings. The van der Waals surface area contributed by atoms with E-state index in [1.165, 1.54) is 6.42 Å². The average molecular weight is 201 g/mol. The Morgan fingerprint density at radius 3 is 2.73 bits per heavy atom. The van der Waals surface area contributed by atoms with Gasteiger partial charge in [-0.1, -0.05) is 13.8 Å². The second kappa shape index (κ2) is 3.54. The second-order valence-electron chi connectivity index (χ2n) is 4.85. The fourth-order valence-corrected chi connectivity index (χ4v) is 1.95. The zero-order valence-electron chi connectivity index (χ0n) is 9.20. The van der Waals surface area contributed by atoms with Gasteiger partial charge in [-0.05, 0) is 24.0 Å². The summed E-state index contributed by atoms with van der Waals surface area (Å²) in [4.78, 5) is 6.58. The summed E-state index contributed by atoms with van der Waals surface area (Å²) < 4.78 is 0. The Bertz CT molecular complexity index is 386. The molecular formula is C12H15N3. The van der Waals surface area contributed by atoms with Gasteiger partial charge in [-0.3, -0.25) is 0 Å². The number of hydrogen-bond donors (Lipinski definition) is 0. The molecule has 15 heavy (non-hydrogen) atoms. The van der Waals surface area contributed by atoms with Crippen LogP contribution in [0.3, 0.4) is 0 Å². The van der Waals surface area contributed by atoms with E-state index in [4.69, 9.17) is 5.26 Å². The van der Waals surface area contributed by atoms with E-state index >= 15 is 0 Å². The van der Waals surface area contributed by atoms with E-state index in [1.807, 2.05) is 12.1 Å². The van der Waals surface area contributed by atoms with Crippen molar-refractivity contribution in [2.75, 3.05) is 18.0 Å². The molecule has 2 rings (SSSR count). The van der Waals surface area contributed by atoms with Crippen LogP contribution in [0.5, 0.6) is 0 Å². The van der Waals surface area contributed by atoms with Gasteiger partial charge in [0.25, 0.3) is 0 Å². The topological polar surface area (TPSA) is 39.9 Å². The maximum Gasteiger partial charge on any atom is 0.128 e. The van der Waals surface area contributed by atoms with E-state index < -0.39 is 0 Å². The minimum absolute atomic E-state index is 0.385. The van der Waals surface area contributed by atoms with E-state index in [0.717, 1.165) is 18.9 Å². The van der Waals surface area contributed by atoms with Gasteiger partial charge in [0.2, 0.25) is 0 Å². The van der Waals surface area contributed by atoms with Crippen LogP contribution in [0.15, 0.2) is 18.3 Å². The maximum absolute atomic E-state index is 8.67.